The van der Waals surface area contributed by atoms with Crippen LogP contribution in [0.25, 0.3) is 0 Å². The molecule has 10 heavy (non-hydrogen) atoms. The van der Waals surface area contributed by atoms with Crippen molar-refractivity contribution >= 4 is 30.9 Å². The zero-order valence-corrected chi connectivity index (χ0v) is 6.86. The molecule has 0 bridgehead atoms. The van der Waals surface area contributed by atoms with Crippen LogP contribution >= 0.6 is 25.3 Å². The average molecular weight is 173 g/mol. The van der Waals surface area contributed by atoms with Crippen LogP contribution in [0, 0.1) is 0 Å². The summed E-state index contributed by atoms with van der Waals surface area (Å²) < 4.78 is 0. The number of anilines is 1. The fourth-order valence-corrected chi connectivity index (χ4v) is 1.07. The molecule has 0 heterocycles. The summed E-state index contributed by atoms with van der Waals surface area (Å²) in [5, 5.41) is 9.03. The van der Waals surface area contributed by atoms with E-state index in [2.05, 4.69) is 25.3 Å². The van der Waals surface area contributed by atoms with Crippen LogP contribution in [0.3, 0.4) is 0 Å². The van der Waals surface area contributed by atoms with Crippen LogP contribution in [0.15, 0.2) is 21.9 Å². The van der Waals surface area contributed by atoms with E-state index in [1.807, 2.05) is 0 Å². The van der Waals surface area contributed by atoms with E-state index < -0.39 is 0 Å². The van der Waals surface area contributed by atoms with E-state index in [4.69, 9.17) is 10.8 Å². The van der Waals surface area contributed by atoms with E-state index in [0.29, 0.717) is 15.5 Å². The van der Waals surface area contributed by atoms with E-state index in [1.165, 1.54) is 6.07 Å². The Morgan fingerprint density at radius 2 is 1.80 bits per heavy atom. The van der Waals surface area contributed by atoms with Gasteiger partial charge in [0.2, 0.25) is 0 Å². The lowest BCUT2D eigenvalue weighted by Gasteiger charge is -2.01. The van der Waals surface area contributed by atoms with Crippen LogP contribution in [0.5, 0.6) is 5.75 Å². The third-order valence-electron chi connectivity index (χ3n) is 1.12. The normalized spacial score (nSPS) is 9.80. The van der Waals surface area contributed by atoms with Gasteiger partial charge in [0, 0.05) is 21.5 Å². The topological polar surface area (TPSA) is 46.2 Å². The molecule has 1 rings (SSSR count). The number of benzene rings is 1. The van der Waals surface area contributed by atoms with Gasteiger partial charge in [-0.05, 0) is 6.07 Å². The van der Waals surface area contributed by atoms with Gasteiger partial charge in [-0.25, -0.2) is 0 Å². The number of hydrogen-bond acceptors (Lipinski definition) is 4. The third kappa shape index (κ3) is 1.33. The Kier molecular flexibility index (Phi) is 2.01. The highest BCUT2D eigenvalue weighted by Gasteiger charge is 1.99. The molecule has 0 atom stereocenters. The number of phenols is 1. The Hall–Kier alpha value is -0.480. The molecule has 4 heteroatoms. The second-order valence-electron chi connectivity index (χ2n) is 1.90. The van der Waals surface area contributed by atoms with Crippen molar-refractivity contribution in [1.29, 1.82) is 0 Å². The van der Waals surface area contributed by atoms with Crippen LogP contribution in [0.4, 0.5) is 5.69 Å². The molecule has 0 amide bonds. The van der Waals surface area contributed by atoms with E-state index in [-0.39, 0.29) is 5.75 Å². The van der Waals surface area contributed by atoms with Crippen molar-refractivity contribution in [2.24, 2.45) is 0 Å². The number of phenolic OH excluding ortho intramolecular Hbond substituents is 1. The summed E-state index contributed by atoms with van der Waals surface area (Å²) in [5.74, 6) is 0.0821. The number of nitrogen functional groups attached to an aromatic ring is 1. The number of rotatable bonds is 0. The smallest absolute Gasteiger partial charge is 0.131 e. The van der Waals surface area contributed by atoms with Crippen molar-refractivity contribution in [1.82, 2.24) is 0 Å². The van der Waals surface area contributed by atoms with Crippen LogP contribution in [0.1, 0.15) is 0 Å². The van der Waals surface area contributed by atoms with Crippen molar-refractivity contribution < 1.29 is 5.11 Å². The van der Waals surface area contributed by atoms with Crippen LogP contribution < -0.4 is 5.73 Å². The minimum Gasteiger partial charge on any atom is -0.507 e. The Labute approximate surface area is 69.9 Å². The van der Waals surface area contributed by atoms with E-state index in [9.17, 15) is 0 Å². The second kappa shape index (κ2) is 2.64. The summed E-state index contributed by atoms with van der Waals surface area (Å²) in [6.07, 6.45) is 0. The zero-order valence-electron chi connectivity index (χ0n) is 5.07. The molecule has 0 saturated carbocycles. The Morgan fingerprint density at radius 3 is 2.30 bits per heavy atom. The lowest BCUT2D eigenvalue weighted by Crippen LogP contribution is -1.86. The van der Waals surface area contributed by atoms with Gasteiger partial charge >= 0.3 is 0 Å². The molecular weight excluding hydrogens is 166 g/mol. The van der Waals surface area contributed by atoms with E-state index in [0.717, 1.165) is 0 Å². The number of thiol groups is 2. The van der Waals surface area contributed by atoms with Gasteiger partial charge in [-0.3, -0.25) is 0 Å². The number of nitrogens with two attached hydrogens (primary N) is 1. The molecule has 2 nitrogen and oxygen atoms in total. The quantitative estimate of drug-likeness (QED) is 0.355. The molecule has 1 aromatic rings. The molecule has 0 aliphatic heterocycles. The summed E-state index contributed by atoms with van der Waals surface area (Å²) in [7, 11) is 0. The molecule has 0 aliphatic rings. The molecule has 0 fully saturated rings. The Balaban J connectivity index is 3.28. The Morgan fingerprint density at radius 1 is 1.20 bits per heavy atom. The van der Waals surface area contributed by atoms with Gasteiger partial charge in [0.25, 0.3) is 0 Å². The SMILES string of the molecule is Nc1cc(O)c(S)cc1S. The van der Waals surface area contributed by atoms with Crippen molar-refractivity contribution in [3.05, 3.63) is 12.1 Å². The van der Waals surface area contributed by atoms with Crippen LogP contribution in [0.2, 0.25) is 0 Å². The predicted molar refractivity (Wildman–Crippen MR) is 47.0 cm³/mol. The zero-order chi connectivity index (χ0) is 7.72. The van der Waals surface area contributed by atoms with Gasteiger partial charge in [0.15, 0.2) is 0 Å². The molecular formula is C6H7NOS2. The van der Waals surface area contributed by atoms with Crippen LogP contribution in [-0.4, -0.2) is 5.11 Å². The molecule has 0 aromatic heterocycles. The van der Waals surface area contributed by atoms with Gasteiger partial charge in [-0.2, -0.15) is 0 Å². The van der Waals surface area contributed by atoms with Gasteiger partial charge < -0.3 is 10.8 Å². The first-order valence-electron chi connectivity index (χ1n) is 2.61. The fraction of sp³-hybridized carbons (Fsp3) is 0. The maximum Gasteiger partial charge on any atom is 0.131 e. The van der Waals surface area contributed by atoms with Crippen LogP contribution in [-0.2, 0) is 0 Å². The Bertz CT molecular complexity index is 212. The maximum atomic E-state index is 9.03. The molecule has 0 radical (unpaired) electrons. The lowest BCUT2D eigenvalue weighted by molar-refractivity contribution is 0.462. The van der Waals surface area contributed by atoms with Gasteiger partial charge in [-0.15, -0.1) is 25.3 Å². The molecule has 0 saturated heterocycles. The molecule has 0 unspecified atom stereocenters. The van der Waals surface area contributed by atoms with Gasteiger partial charge in [0.1, 0.15) is 5.75 Å². The van der Waals surface area contributed by atoms with Crippen molar-refractivity contribution in [2.45, 2.75) is 9.79 Å². The highest BCUT2D eigenvalue weighted by molar-refractivity contribution is 7.81. The highest BCUT2D eigenvalue weighted by atomic mass is 32.1. The maximum absolute atomic E-state index is 9.03. The second-order valence-corrected chi connectivity index (χ2v) is 2.86. The van der Waals surface area contributed by atoms with Gasteiger partial charge in [-0.1, -0.05) is 0 Å². The molecule has 0 aliphatic carbocycles. The van der Waals surface area contributed by atoms with Crippen molar-refractivity contribution in [3.63, 3.8) is 0 Å². The third-order valence-corrected chi connectivity index (χ3v) is 1.87. The molecule has 1 aromatic carbocycles. The monoisotopic (exact) mass is 173 g/mol. The largest absolute Gasteiger partial charge is 0.507 e. The predicted octanol–water partition coefficient (Wildman–Crippen LogP) is 1.55. The van der Waals surface area contributed by atoms with E-state index in [1.54, 1.807) is 6.07 Å². The number of aromatic hydroxyl groups is 1. The van der Waals surface area contributed by atoms with E-state index >= 15 is 0 Å². The summed E-state index contributed by atoms with van der Waals surface area (Å²) in [4.78, 5) is 1.11. The standard InChI is InChI=1S/C6H7NOS2/c7-3-1-4(8)6(10)2-5(3)9/h1-2,8-10H,7H2. The summed E-state index contributed by atoms with van der Waals surface area (Å²) in [6, 6.07) is 3.02. The molecule has 54 valence electrons. The molecule has 3 N–H and O–H groups in total. The first-order chi connectivity index (χ1) is 4.61. The van der Waals surface area contributed by atoms with Crippen molar-refractivity contribution in [3.8, 4) is 5.75 Å². The van der Waals surface area contributed by atoms with Crippen molar-refractivity contribution in [2.75, 3.05) is 5.73 Å². The lowest BCUT2D eigenvalue weighted by atomic mass is 10.3. The first kappa shape index (κ1) is 7.63. The minimum atomic E-state index is 0.0821. The fourth-order valence-electron chi connectivity index (χ4n) is 0.582. The summed E-state index contributed by atoms with van der Waals surface area (Å²) in [6.45, 7) is 0. The molecule has 0 spiro atoms. The minimum absolute atomic E-state index is 0.0821. The summed E-state index contributed by atoms with van der Waals surface area (Å²) in [5.41, 5.74) is 5.88. The summed E-state index contributed by atoms with van der Waals surface area (Å²) >= 11 is 7.99. The van der Waals surface area contributed by atoms with Gasteiger partial charge in [0.05, 0.1) is 0 Å². The average Bonchev–Trinajstić information content (AvgIpc) is 1.84. The number of hydrogen-bond donors (Lipinski definition) is 4. The first-order valence-corrected chi connectivity index (χ1v) is 3.51. The highest BCUT2D eigenvalue weighted by Crippen LogP contribution is 2.28.